The minimum atomic E-state index is -0.259. The van der Waals surface area contributed by atoms with Crippen molar-refractivity contribution in [1.29, 1.82) is 0 Å². The largest absolute Gasteiger partial charge is 0.366 e. The number of carbonyl (C=O) groups excluding carboxylic acids is 1. The molecule has 0 radical (unpaired) electrons. The fourth-order valence-electron chi connectivity index (χ4n) is 3.74. The molecule has 0 atom stereocenters. The first-order chi connectivity index (χ1) is 15.5. The van der Waals surface area contributed by atoms with Crippen LogP contribution in [0.25, 0.3) is 11.1 Å². The summed E-state index contributed by atoms with van der Waals surface area (Å²) in [4.78, 5) is 17.2. The lowest BCUT2D eigenvalue weighted by Crippen LogP contribution is -2.45. The average Bonchev–Trinajstić information content (AvgIpc) is 2.81. The average molecular weight is 465 g/mol. The molecule has 0 bridgehead atoms. The van der Waals surface area contributed by atoms with E-state index in [9.17, 15) is 4.79 Å². The van der Waals surface area contributed by atoms with Crippen LogP contribution in [0.1, 0.15) is 10.4 Å². The Labute approximate surface area is 199 Å². The van der Waals surface area contributed by atoms with Crippen LogP contribution in [0.15, 0.2) is 72.8 Å². The van der Waals surface area contributed by atoms with Gasteiger partial charge in [-0.1, -0.05) is 60.1 Å². The normalized spacial score (nSPS) is 14.1. The van der Waals surface area contributed by atoms with Gasteiger partial charge in [0.05, 0.1) is 16.4 Å². The maximum Gasteiger partial charge on any atom is 0.257 e. The fraction of sp³-hybridized carbons (Fsp3) is 0.200. The lowest BCUT2D eigenvalue weighted by atomic mass is 10.0. The number of hydrogen-bond acceptors (Lipinski definition) is 4. The predicted molar refractivity (Wildman–Crippen MR) is 137 cm³/mol. The Hall–Kier alpha value is -2.93. The van der Waals surface area contributed by atoms with E-state index in [1.165, 1.54) is 0 Å². The topological polar surface area (TPSA) is 47.6 Å². The number of likely N-dealkylation sites (N-methyl/N-ethyl adjacent to an activating group) is 1. The number of piperazine rings is 1. The third-order valence-electron chi connectivity index (χ3n) is 5.54. The highest BCUT2D eigenvalue weighted by molar-refractivity contribution is 7.80. The van der Waals surface area contributed by atoms with Crippen LogP contribution < -0.4 is 15.5 Å². The lowest BCUT2D eigenvalue weighted by molar-refractivity contribution is 0.0978. The number of nitrogens with zero attached hydrogens (tertiary/aromatic N) is 2. The van der Waals surface area contributed by atoms with Gasteiger partial charge in [-0.05, 0) is 54.7 Å². The van der Waals surface area contributed by atoms with Crippen molar-refractivity contribution in [3.63, 3.8) is 0 Å². The van der Waals surface area contributed by atoms with E-state index in [4.69, 9.17) is 23.8 Å². The summed E-state index contributed by atoms with van der Waals surface area (Å²) in [6.45, 7) is 3.68. The lowest BCUT2D eigenvalue weighted by Gasteiger charge is -2.35. The molecule has 0 aliphatic carbocycles. The number of thiocarbonyl (C=S) groups is 1. The maximum atomic E-state index is 12.7. The molecule has 2 N–H and O–H groups in total. The quantitative estimate of drug-likeness (QED) is 0.538. The van der Waals surface area contributed by atoms with Gasteiger partial charge >= 0.3 is 0 Å². The van der Waals surface area contributed by atoms with Crippen LogP contribution in [0.4, 0.5) is 11.4 Å². The molecule has 1 saturated heterocycles. The molecule has 3 aromatic rings. The standard InChI is InChI=1S/C25H25ClN4OS/c1-29-14-16-30(17-15-29)23-21(26)8-5-9-22(23)27-25(32)28-24(31)20-12-10-19(11-13-20)18-6-3-2-4-7-18/h2-13H,14-17H2,1H3,(H2,27,28,31,32). The molecule has 1 heterocycles. The summed E-state index contributed by atoms with van der Waals surface area (Å²) in [5.74, 6) is -0.259. The highest BCUT2D eigenvalue weighted by atomic mass is 35.5. The van der Waals surface area contributed by atoms with Crippen LogP contribution in [0.2, 0.25) is 5.02 Å². The Morgan fingerprint density at radius 2 is 1.53 bits per heavy atom. The van der Waals surface area contributed by atoms with Gasteiger partial charge in [0, 0.05) is 31.7 Å². The summed E-state index contributed by atoms with van der Waals surface area (Å²) in [7, 11) is 2.11. The molecular weight excluding hydrogens is 440 g/mol. The van der Waals surface area contributed by atoms with Crippen molar-refractivity contribution in [2.24, 2.45) is 0 Å². The first-order valence-corrected chi connectivity index (χ1v) is 11.3. The van der Waals surface area contributed by atoms with Crippen molar-refractivity contribution in [1.82, 2.24) is 10.2 Å². The SMILES string of the molecule is CN1CCN(c2c(Cl)cccc2NC(=S)NC(=O)c2ccc(-c3ccccc3)cc2)CC1. The third-order valence-corrected chi connectivity index (χ3v) is 6.04. The number of nitrogens with one attached hydrogen (secondary N) is 2. The molecule has 1 aliphatic rings. The molecule has 3 aromatic carbocycles. The van der Waals surface area contributed by atoms with E-state index in [1.807, 2.05) is 60.7 Å². The molecule has 0 aromatic heterocycles. The molecule has 5 nitrogen and oxygen atoms in total. The van der Waals surface area contributed by atoms with Gasteiger partial charge in [-0.3, -0.25) is 10.1 Å². The summed E-state index contributed by atoms with van der Waals surface area (Å²) in [6.07, 6.45) is 0. The van der Waals surface area contributed by atoms with Crippen LogP contribution >= 0.6 is 23.8 Å². The second kappa shape index (κ2) is 10.1. The third kappa shape index (κ3) is 5.27. The van der Waals surface area contributed by atoms with Crippen LogP contribution in [-0.2, 0) is 0 Å². The molecular formula is C25H25ClN4OS. The van der Waals surface area contributed by atoms with E-state index in [2.05, 4.69) is 27.5 Å². The van der Waals surface area contributed by atoms with Crippen LogP contribution in [-0.4, -0.2) is 49.1 Å². The first kappa shape index (κ1) is 22.3. The van der Waals surface area contributed by atoms with E-state index >= 15 is 0 Å². The zero-order chi connectivity index (χ0) is 22.5. The summed E-state index contributed by atoms with van der Waals surface area (Å²) < 4.78 is 0. The number of para-hydroxylation sites is 1. The molecule has 1 aliphatic heterocycles. The van der Waals surface area contributed by atoms with Crippen molar-refractivity contribution in [2.75, 3.05) is 43.4 Å². The van der Waals surface area contributed by atoms with E-state index < -0.39 is 0 Å². The smallest absolute Gasteiger partial charge is 0.257 e. The highest BCUT2D eigenvalue weighted by Crippen LogP contribution is 2.34. The molecule has 0 spiro atoms. The summed E-state index contributed by atoms with van der Waals surface area (Å²) in [5, 5.41) is 6.82. The molecule has 0 unspecified atom stereocenters. The molecule has 4 rings (SSSR count). The van der Waals surface area contributed by atoms with Gasteiger partial charge in [-0.15, -0.1) is 0 Å². The van der Waals surface area contributed by atoms with Crippen molar-refractivity contribution < 1.29 is 4.79 Å². The van der Waals surface area contributed by atoms with Crippen molar-refractivity contribution in [3.05, 3.63) is 83.4 Å². The first-order valence-electron chi connectivity index (χ1n) is 10.5. The van der Waals surface area contributed by atoms with Crippen molar-refractivity contribution in [3.8, 4) is 11.1 Å². The van der Waals surface area contributed by atoms with E-state index in [0.717, 1.165) is 48.7 Å². The van der Waals surface area contributed by atoms with Crippen molar-refractivity contribution in [2.45, 2.75) is 0 Å². The number of anilines is 2. The number of hydrogen-bond donors (Lipinski definition) is 2. The zero-order valence-corrected chi connectivity index (χ0v) is 19.4. The maximum absolute atomic E-state index is 12.7. The predicted octanol–water partition coefficient (Wildman–Crippen LogP) is 4.89. The molecule has 0 saturated carbocycles. The van der Waals surface area contributed by atoms with Crippen LogP contribution in [0.5, 0.6) is 0 Å². The minimum Gasteiger partial charge on any atom is -0.366 e. The second-order valence-corrected chi connectivity index (χ2v) is 8.59. The number of amides is 1. The fourth-order valence-corrected chi connectivity index (χ4v) is 4.24. The van der Waals surface area contributed by atoms with Gasteiger partial charge in [-0.25, -0.2) is 0 Å². The Bertz CT molecular complexity index is 1100. The van der Waals surface area contributed by atoms with Crippen LogP contribution in [0.3, 0.4) is 0 Å². The highest BCUT2D eigenvalue weighted by Gasteiger charge is 2.20. The van der Waals surface area contributed by atoms with Gasteiger partial charge in [0.1, 0.15) is 0 Å². The number of carbonyl (C=O) groups is 1. The van der Waals surface area contributed by atoms with E-state index in [-0.39, 0.29) is 11.0 Å². The zero-order valence-electron chi connectivity index (χ0n) is 17.8. The van der Waals surface area contributed by atoms with E-state index in [0.29, 0.717) is 10.6 Å². The summed E-state index contributed by atoms with van der Waals surface area (Å²) in [5.41, 5.74) is 4.39. The number of halogens is 1. The van der Waals surface area contributed by atoms with Gasteiger partial charge in [0.2, 0.25) is 0 Å². The molecule has 7 heteroatoms. The summed E-state index contributed by atoms with van der Waals surface area (Å²) >= 11 is 11.9. The van der Waals surface area contributed by atoms with Gasteiger partial charge in [0.15, 0.2) is 5.11 Å². The van der Waals surface area contributed by atoms with Gasteiger partial charge < -0.3 is 15.1 Å². The second-order valence-electron chi connectivity index (χ2n) is 7.78. The number of rotatable bonds is 4. The number of benzene rings is 3. The van der Waals surface area contributed by atoms with Crippen molar-refractivity contribution >= 4 is 46.2 Å². The summed E-state index contributed by atoms with van der Waals surface area (Å²) in [6, 6.07) is 23.2. The van der Waals surface area contributed by atoms with Crippen LogP contribution in [0, 0.1) is 0 Å². The molecule has 1 amide bonds. The monoisotopic (exact) mass is 464 g/mol. The Kier molecular flexibility index (Phi) is 7.05. The van der Waals surface area contributed by atoms with Gasteiger partial charge in [0.25, 0.3) is 5.91 Å². The molecule has 164 valence electrons. The van der Waals surface area contributed by atoms with E-state index in [1.54, 1.807) is 12.1 Å². The Morgan fingerprint density at radius 3 is 2.22 bits per heavy atom. The van der Waals surface area contributed by atoms with Gasteiger partial charge in [-0.2, -0.15) is 0 Å². The Morgan fingerprint density at radius 1 is 0.875 bits per heavy atom. The minimum absolute atomic E-state index is 0.236. The molecule has 32 heavy (non-hydrogen) atoms. The molecule has 1 fully saturated rings. The Balaban J connectivity index is 1.43.